The Morgan fingerprint density at radius 2 is 1.73 bits per heavy atom. The molecule has 0 aromatic heterocycles. The lowest BCUT2D eigenvalue weighted by Crippen LogP contribution is -2.55. The van der Waals surface area contributed by atoms with Crippen molar-refractivity contribution in [2.24, 2.45) is 5.73 Å². The Hall–Kier alpha value is -0.690. The maximum Gasteiger partial charge on any atom is 0.241 e. The highest BCUT2D eigenvalue weighted by atomic mass is 16.5. The van der Waals surface area contributed by atoms with Gasteiger partial charge in [0.15, 0.2) is 0 Å². The summed E-state index contributed by atoms with van der Waals surface area (Å²) in [5, 5.41) is 0. The number of amides is 1. The van der Waals surface area contributed by atoms with Crippen LogP contribution >= 0.6 is 0 Å². The van der Waals surface area contributed by atoms with Crippen LogP contribution in [-0.4, -0.2) is 91.7 Å². The van der Waals surface area contributed by atoms with Crippen LogP contribution in [0.3, 0.4) is 0 Å². The fourth-order valence-electron chi connectivity index (χ4n) is 3.62. The summed E-state index contributed by atoms with van der Waals surface area (Å²) in [5.74, 6) is 0.0169. The average Bonchev–Trinajstić information content (AvgIpc) is 2.84. The molecule has 0 saturated carbocycles. The highest BCUT2D eigenvalue weighted by Gasteiger charge is 2.29. The number of hydrogen-bond donors (Lipinski definition) is 1. The smallest absolute Gasteiger partial charge is 0.241 e. The molecule has 128 valence electrons. The van der Waals surface area contributed by atoms with Crippen LogP contribution in [0.25, 0.3) is 0 Å². The molecule has 2 rings (SSSR count). The van der Waals surface area contributed by atoms with E-state index in [2.05, 4.69) is 23.6 Å². The van der Waals surface area contributed by atoms with E-state index in [4.69, 9.17) is 10.5 Å². The van der Waals surface area contributed by atoms with E-state index < -0.39 is 6.04 Å². The number of methoxy groups -OCH3 is 1. The molecule has 1 amide bonds. The molecule has 6 heteroatoms. The molecule has 0 radical (unpaired) electrons. The normalized spacial score (nSPS) is 29.0. The maximum atomic E-state index is 12.1. The summed E-state index contributed by atoms with van der Waals surface area (Å²) in [4.78, 5) is 19.1. The third kappa shape index (κ3) is 4.41. The average molecular weight is 312 g/mol. The van der Waals surface area contributed by atoms with Crippen molar-refractivity contribution in [3.8, 4) is 0 Å². The second kappa shape index (κ2) is 8.24. The molecule has 0 aromatic carbocycles. The minimum atomic E-state index is -0.525. The predicted octanol–water partition coefficient (Wildman–Crippen LogP) is -0.0229. The first-order valence-electron chi connectivity index (χ1n) is 8.54. The first-order chi connectivity index (χ1) is 10.5. The van der Waals surface area contributed by atoms with Crippen molar-refractivity contribution in [2.45, 2.75) is 44.8 Å². The molecule has 0 spiro atoms. The van der Waals surface area contributed by atoms with E-state index in [0.717, 1.165) is 39.3 Å². The summed E-state index contributed by atoms with van der Waals surface area (Å²) in [6, 6.07) is 0.901. The van der Waals surface area contributed by atoms with Gasteiger partial charge in [0.2, 0.25) is 5.91 Å². The van der Waals surface area contributed by atoms with Gasteiger partial charge in [-0.1, -0.05) is 0 Å². The standard InChI is InChI=1S/C16H32N4O2/c1-13-4-5-14(2)20(13)11-8-18-6-9-19(10-7-18)16(21)15(17)12-22-3/h13-15H,4-12,17H2,1-3H3. The maximum absolute atomic E-state index is 12.1. The van der Waals surface area contributed by atoms with E-state index >= 15 is 0 Å². The summed E-state index contributed by atoms with van der Waals surface area (Å²) in [6.07, 6.45) is 2.64. The van der Waals surface area contributed by atoms with E-state index in [1.54, 1.807) is 7.11 Å². The lowest BCUT2D eigenvalue weighted by molar-refractivity contribution is -0.135. The summed E-state index contributed by atoms with van der Waals surface area (Å²) in [7, 11) is 1.57. The van der Waals surface area contributed by atoms with Gasteiger partial charge in [0.05, 0.1) is 6.61 Å². The predicted molar refractivity (Wildman–Crippen MR) is 87.7 cm³/mol. The van der Waals surface area contributed by atoms with Gasteiger partial charge in [0, 0.05) is 58.5 Å². The minimum Gasteiger partial charge on any atom is -0.383 e. The van der Waals surface area contributed by atoms with Crippen molar-refractivity contribution in [3.05, 3.63) is 0 Å². The lowest BCUT2D eigenvalue weighted by atomic mass is 10.2. The van der Waals surface area contributed by atoms with Gasteiger partial charge in [-0.25, -0.2) is 0 Å². The molecule has 2 heterocycles. The molecule has 0 aliphatic carbocycles. The van der Waals surface area contributed by atoms with Crippen LogP contribution in [-0.2, 0) is 9.53 Å². The molecule has 0 aromatic rings. The number of carbonyl (C=O) groups is 1. The van der Waals surface area contributed by atoms with E-state index in [1.165, 1.54) is 12.8 Å². The summed E-state index contributed by atoms with van der Waals surface area (Å²) >= 11 is 0. The van der Waals surface area contributed by atoms with Crippen molar-refractivity contribution in [3.63, 3.8) is 0 Å². The Bertz CT molecular complexity index is 348. The van der Waals surface area contributed by atoms with Crippen LogP contribution in [0.4, 0.5) is 0 Å². The topological polar surface area (TPSA) is 62.0 Å². The Balaban J connectivity index is 1.70. The molecule has 2 saturated heterocycles. The number of likely N-dealkylation sites (tertiary alicyclic amines) is 1. The molecule has 2 N–H and O–H groups in total. The second-order valence-corrected chi connectivity index (χ2v) is 6.74. The minimum absolute atomic E-state index is 0.0169. The fourth-order valence-corrected chi connectivity index (χ4v) is 3.62. The third-order valence-electron chi connectivity index (χ3n) is 5.16. The van der Waals surface area contributed by atoms with Crippen molar-refractivity contribution in [1.82, 2.24) is 14.7 Å². The van der Waals surface area contributed by atoms with Gasteiger partial charge in [-0.05, 0) is 26.7 Å². The Kier molecular flexibility index (Phi) is 6.62. The van der Waals surface area contributed by atoms with E-state index in [-0.39, 0.29) is 5.91 Å². The molecule has 0 bridgehead atoms. The highest BCUT2D eigenvalue weighted by molar-refractivity contribution is 5.81. The molecule has 2 aliphatic rings. The largest absolute Gasteiger partial charge is 0.383 e. The van der Waals surface area contributed by atoms with E-state index in [0.29, 0.717) is 18.7 Å². The van der Waals surface area contributed by atoms with Gasteiger partial charge < -0.3 is 15.4 Å². The molecular weight excluding hydrogens is 280 g/mol. The number of ether oxygens (including phenoxy) is 1. The van der Waals surface area contributed by atoms with Crippen LogP contribution in [0.15, 0.2) is 0 Å². The lowest BCUT2D eigenvalue weighted by Gasteiger charge is -2.37. The Labute approximate surface area is 134 Å². The molecule has 2 aliphatic heterocycles. The molecule has 2 fully saturated rings. The van der Waals surface area contributed by atoms with Crippen LogP contribution in [0.2, 0.25) is 0 Å². The first kappa shape index (κ1) is 17.7. The van der Waals surface area contributed by atoms with Crippen LogP contribution < -0.4 is 5.73 Å². The van der Waals surface area contributed by atoms with Gasteiger partial charge in [0.1, 0.15) is 6.04 Å². The summed E-state index contributed by atoms with van der Waals surface area (Å²) in [5.41, 5.74) is 5.83. The molecule has 22 heavy (non-hydrogen) atoms. The molecule has 3 unspecified atom stereocenters. The van der Waals surface area contributed by atoms with Crippen LogP contribution in [0.5, 0.6) is 0 Å². The zero-order valence-electron chi connectivity index (χ0n) is 14.3. The molecule has 6 nitrogen and oxygen atoms in total. The monoisotopic (exact) mass is 312 g/mol. The molecular formula is C16H32N4O2. The van der Waals surface area contributed by atoms with Crippen molar-refractivity contribution >= 4 is 5.91 Å². The van der Waals surface area contributed by atoms with Crippen molar-refractivity contribution in [2.75, 3.05) is 53.0 Å². The summed E-state index contributed by atoms with van der Waals surface area (Å²) < 4.78 is 4.96. The van der Waals surface area contributed by atoms with Gasteiger partial charge >= 0.3 is 0 Å². The SMILES string of the molecule is COCC(N)C(=O)N1CCN(CCN2C(C)CCC2C)CC1. The number of nitrogens with zero attached hydrogens (tertiary/aromatic N) is 3. The van der Waals surface area contributed by atoms with Crippen LogP contribution in [0.1, 0.15) is 26.7 Å². The fraction of sp³-hybridized carbons (Fsp3) is 0.938. The number of rotatable bonds is 6. The van der Waals surface area contributed by atoms with Gasteiger partial charge in [-0.2, -0.15) is 0 Å². The highest BCUT2D eigenvalue weighted by Crippen LogP contribution is 2.22. The second-order valence-electron chi connectivity index (χ2n) is 6.74. The van der Waals surface area contributed by atoms with Gasteiger partial charge in [0.25, 0.3) is 0 Å². The third-order valence-corrected chi connectivity index (χ3v) is 5.16. The van der Waals surface area contributed by atoms with E-state index in [1.807, 2.05) is 4.90 Å². The summed E-state index contributed by atoms with van der Waals surface area (Å²) in [6.45, 7) is 10.6. The number of piperazine rings is 1. The van der Waals surface area contributed by atoms with Gasteiger partial charge in [-0.3, -0.25) is 14.6 Å². The van der Waals surface area contributed by atoms with E-state index in [9.17, 15) is 4.79 Å². The number of hydrogen-bond acceptors (Lipinski definition) is 5. The Morgan fingerprint density at radius 1 is 1.14 bits per heavy atom. The zero-order chi connectivity index (χ0) is 16.1. The zero-order valence-corrected chi connectivity index (χ0v) is 14.3. The quantitative estimate of drug-likeness (QED) is 0.747. The first-order valence-corrected chi connectivity index (χ1v) is 8.54. The van der Waals surface area contributed by atoms with Crippen molar-refractivity contribution in [1.29, 1.82) is 0 Å². The van der Waals surface area contributed by atoms with Crippen molar-refractivity contribution < 1.29 is 9.53 Å². The van der Waals surface area contributed by atoms with Gasteiger partial charge in [-0.15, -0.1) is 0 Å². The number of carbonyl (C=O) groups excluding carboxylic acids is 1. The van der Waals surface area contributed by atoms with Crippen LogP contribution in [0, 0.1) is 0 Å². The Morgan fingerprint density at radius 3 is 2.27 bits per heavy atom. The number of nitrogens with two attached hydrogens (primary N) is 1. The molecule has 3 atom stereocenters.